The van der Waals surface area contributed by atoms with Gasteiger partial charge in [-0.15, -0.1) is 0 Å². The Balaban J connectivity index is 1.37. The Kier molecular flexibility index (Phi) is 9.21. The molecule has 0 unspecified atom stereocenters. The van der Waals surface area contributed by atoms with Crippen molar-refractivity contribution in [3.8, 4) is 17.0 Å². The molecule has 0 aliphatic carbocycles. The molecule has 2 aromatic heterocycles. The van der Waals surface area contributed by atoms with Crippen molar-refractivity contribution in [2.24, 2.45) is 0 Å². The van der Waals surface area contributed by atoms with Gasteiger partial charge in [-0.2, -0.15) is 13.2 Å². The van der Waals surface area contributed by atoms with Crippen LogP contribution in [0.5, 0.6) is 5.75 Å². The Hall–Kier alpha value is -4.29. The first-order chi connectivity index (χ1) is 20.1. The summed E-state index contributed by atoms with van der Waals surface area (Å²) in [4.78, 5) is 20.9. The second-order valence-corrected chi connectivity index (χ2v) is 12.5. The molecule has 0 radical (unpaired) electrons. The second-order valence-electron chi connectivity index (χ2n) is 10.8. The van der Waals surface area contributed by atoms with Gasteiger partial charge in [-0.1, -0.05) is 29.8 Å². The molecule has 0 saturated carbocycles. The molecule has 0 saturated heterocycles. The first-order valence-electron chi connectivity index (χ1n) is 13.1. The molecular weight excluding hydrogens is 583 g/mol. The molecule has 0 aliphatic rings. The van der Waals surface area contributed by atoms with Gasteiger partial charge < -0.3 is 9.47 Å². The van der Waals surface area contributed by atoms with Crippen LogP contribution >= 0.6 is 0 Å². The van der Waals surface area contributed by atoms with Gasteiger partial charge in [0, 0.05) is 22.9 Å². The predicted octanol–water partition coefficient (Wildman–Crippen LogP) is 6.48. The molecule has 8 nitrogen and oxygen atoms in total. The zero-order valence-electron chi connectivity index (χ0n) is 23.9. The average Bonchev–Trinajstić information content (AvgIpc) is 2.93. The van der Waals surface area contributed by atoms with Gasteiger partial charge in [-0.25, -0.2) is 22.9 Å². The minimum absolute atomic E-state index is 0.0322. The lowest BCUT2D eigenvalue weighted by atomic mass is 10.1. The number of nitrogens with zero attached hydrogens (tertiary/aromatic N) is 2. The van der Waals surface area contributed by atoms with E-state index in [2.05, 4.69) is 14.7 Å². The Bertz CT molecular complexity index is 1700. The summed E-state index contributed by atoms with van der Waals surface area (Å²) >= 11 is 0. The highest BCUT2D eigenvalue weighted by atomic mass is 32.2. The van der Waals surface area contributed by atoms with Crippen LogP contribution in [-0.4, -0.2) is 29.9 Å². The molecule has 0 spiro atoms. The fourth-order valence-corrected chi connectivity index (χ4v) is 5.64. The number of ether oxygens (including phenoxy) is 2. The van der Waals surface area contributed by atoms with Crippen LogP contribution in [0, 0.1) is 6.92 Å². The highest BCUT2D eigenvalue weighted by Gasteiger charge is 2.30. The van der Waals surface area contributed by atoms with Gasteiger partial charge in [0.05, 0.1) is 22.3 Å². The van der Waals surface area contributed by atoms with E-state index in [1.165, 1.54) is 30.5 Å². The second kappa shape index (κ2) is 12.5. The SMILES string of the molecule is Cc1ccc(S(=O)(=O)NC(C)(C)C)c(-c2ccc(COc3ccc(C(=O)OCc4cccc(C(F)(F)F)c4)nc3)cn2)c1. The molecule has 0 amide bonds. The molecular formula is C31H30F3N3O5S. The van der Waals surface area contributed by atoms with Crippen molar-refractivity contribution in [1.29, 1.82) is 0 Å². The number of alkyl halides is 3. The monoisotopic (exact) mass is 613 g/mol. The minimum Gasteiger partial charge on any atom is -0.487 e. The lowest BCUT2D eigenvalue weighted by Crippen LogP contribution is -2.40. The van der Waals surface area contributed by atoms with E-state index in [-0.39, 0.29) is 29.4 Å². The topological polar surface area (TPSA) is 107 Å². The summed E-state index contributed by atoms with van der Waals surface area (Å²) in [5, 5.41) is 0. The highest BCUT2D eigenvalue weighted by molar-refractivity contribution is 7.89. The number of hydrogen-bond acceptors (Lipinski definition) is 7. The fraction of sp³-hybridized carbons (Fsp3) is 0.258. The molecule has 0 bridgehead atoms. The van der Waals surface area contributed by atoms with Gasteiger partial charge in [0.15, 0.2) is 0 Å². The summed E-state index contributed by atoms with van der Waals surface area (Å²) < 4.78 is 78.3. The van der Waals surface area contributed by atoms with Crippen LogP contribution in [0.1, 0.15) is 53.5 Å². The van der Waals surface area contributed by atoms with Crippen LogP contribution in [0.3, 0.4) is 0 Å². The standard InChI is InChI=1S/C31H30F3N3O5S/c1-20-8-13-28(43(39,40)37-30(2,3)4)25(14-20)26-11-9-22(16-35-26)19-41-24-10-12-27(36-17-24)29(38)42-18-21-6-5-7-23(15-21)31(32,33)34/h5-17,37H,18-19H2,1-4H3. The van der Waals surface area contributed by atoms with E-state index in [0.717, 1.165) is 17.7 Å². The first kappa shape index (κ1) is 31.6. The zero-order valence-corrected chi connectivity index (χ0v) is 24.7. The van der Waals surface area contributed by atoms with E-state index < -0.39 is 33.3 Å². The maximum Gasteiger partial charge on any atom is 0.416 e. The normalized spacial score (nSPS) is 12.2. The molecule has 4 rings (SSSR count). The Morgan fingerprint density at radius 3 is 2.28 bits per heavy atom. The molecule has 226 valence electrons. The summed E-state index contributed by atoms with van der Waals surface area (Å²) in [7, 11) is -3.80. The number of aryl methyl sites for hydroxylation is 1. The maximum absolute atomic E-state index is 13.1. The molecule has 2 heterocycles. The van der Waals surface area contributed by atoms with Gasteiger partial charge in [0.2, 0.25) is 10.0 Å². The van der Waals surface area contributed by atoms with Crippen LogP contribution in [-0.2, 0) is 34.2 Å². The molecule has 1 N–H and O–H groups in total. The summed E-state index contributed by atoms with van der Waals surface area (Å²) in [5.74, 6) is -0.433. The van der Waals surface area contributed by atoms with E-state index in [9.17, 15) is 26.4 Å². The number of nitrogens with one attached hydrogen (secondary N) is 1. The van der Waals surface area contributed by atoms with Crippen LogP contribution in [0.25, 0.3) is 11.3 Å². The largest absolute Gasteiger partial charge is 0.487 e. The van der Waals surface area contributed by atoms with Gasteiger partial charge in [0.1, 0.15) is 24.7 Å². The molecule has 12 heteroatoms. The number of benzene rings is 2. The molecule has 4 aromatic rings. The third-order valence-electron chi connectivity index (χ3n) is 5.94. The van der Waals surface area contributed by atoms with Crippen molar-refractivity contribution in [3.63, 3.8) is 0 Å². The van der Waals surface area contributed by atoms with Crippen LogP contribution in [0.2, 0.25) is 0 Å². The number of esters is 1. The number of halogens is 3. The van der Waals surface area contributed by atoms with Crippen molar-refractivity contribution in [2.45, 2.75) is 57.5 Å². The molecule has 2 aromatic carbocycles. The minimum atomic E-state index is -4.49. The number of pyridine rings is 2. The Morgan fingerprint density at radius 1 is 0.884 bits per heavy atom. The smallest absolute Gasteiger partial charge is 0.416 e. The third kappa shape index (κ3) is 8.62. The lowest BCUT2D eigenvalue weighted by Gasteiger charge is -2.21. The molecule has 0 atom stereocenters. The summed E-state index contributed by atoms with van der Waals surface area (Å²) in [6.45, 7) is 6.96. The fourth-order valence-electron chi connectivity index (χ4n) is 4.02. The quantitative estimate of drug-likeness (QED) is 0.215. The van der Waals surface area contributed by atoms with E-state index in [1.54, 1.807) is 57.3 Å². The number of carbonyl (C=O) groups is 1. The van der Waals surface area contributed by atoms with Crippen molar-refractivity contribution in [1.82, 2.24) is 14.7 Å². The summed E-state index contributed by atoms with van der Waals surface area (Å²) in [5.41, 5.74) is 1.23. The number of rotatable bonds is 9. The number of sulfonamides is 1. The lowest BCUT2D eigenvalue weighted by molar-refractivity contribution is -0.137. The van der Waals surface area contributed by atoms with Crippen LogP contribution in [0.4, 0.5) is 13.2 Å². The Morgan fingerprint density at radius 2 is 1.65 bits per heavy atom. The highest BCUT2D eigenvalue weighted by Crippen LogP contribution is 2.30. The van der Waals surface area contributed by atoms with Crippen LogP contribution < -0.4 is 9.46 Å². The molecule has 0 aliphatic heterocycles. The van der Waals surface area contributed by atoms with Gasteiger partial charge in [-0.3, -0.25) is 4.98 Å². The average molecular weight is 614 g/mol. The van der Waals surface area contributed by atoms with Crippen molar-refractivity contribution in [2.75, 3.05) is 0 Å². The van der Waals surface area contributed by atoms with Gasteiger partial charge in [0.25, 0.3) is 0 Å². The predicted molar refractivity (Wildman–Crippen MR) is 154 cm³/mol. The van der Waals surface area contributed by atoms with E-state index >= 15 is 0 Å². The van der Waals surface area contributed by atoms with Crippen molar-refractivity contribution in [3.05, 3.63) is 107 Å². The number of hydrogen-bond donors (Lipinski definition) is 1. The number of carbonyl (C=O) groups excluding carboxylic acids is 1. The Labute approximate surface area is 248 Å². The van der Waals surface area contributed by atoms with Crippen molar-refractivity contribution < 1.29 is 35.9 Å². The summed E-state index contributed by atoms with van der Waals surface area (Å²) in [6, 6.07) is 16.0. The van der Waals surface area contributed by atoms with Gasteiger partial charge >= 0.3 is 12.1 Å². The summed E-state index contributed by atoms with van der Waals surface area (Å²) in [6.07, 6.45) is -1.58. The van der Waals surface area contributed by atoms with E-state index in [4.69, 9.17) is 9.47 Å². The third-order valence-corrected chi connectivity index (χ3v) is 7.76. The molecule has 0 fully saturated rings. The van der Waals surface area contributed by atoms with E-state index in [1.807, 2.05) is 6.92 Å². The van der Waals surface area contributed by atoms with E-state index in [0.29, 0.717) is 22.6 Å². The van der Waals surface area contributed by atoms with Gasteiger partial charge in [-0.05, 0) is 75.7 Å². The first-order valence-corrected chi connectivity index (χ1v) is 14.6. The van der Waals surface area contributed by atoms with Crippen molar-refractivity contribution >= 4 is 16.0 Å². The zero-order chi connectivity index (χ0) is 31.4. The molecule has 43 heavy (non-hydrogen) atoms. The van der Waals surface area contributed by atoms with Crippen LogP contribution in [0.15, 0.2) is 84.0 Å². The number of aromatic nitrogens is 2. The maximum atomic E-state index is 13.1.